The first-order valence-corrected chi connectivity index (χ1v) is 31.5. The minimum atomic E-state index is -0.667. The molecule has 0 rings (SSSR count). The molecular weight excluding hydrogens is 855 g/mol. The van der Waals surface area contributed by atoms with E-state index in [0.717, 1.165) is 57.8 Å². The molecule has 0 bridgehead atoms. The molecule has 70 heavy (non-hydrogen) atoms. The number of nitrogens with one attached hydrogen (secondary N) is 1. The average Bonchev–Trinajstić information content (AvgIpc) is 3.36. The summed E-state index contributed by atoms with van der Waals surface area (Å²) in [7, 11) is 0. The smallest absolute Gasteiger partial charge is 0.220 e. The van der Waals surface area contributed by atoms with Crippen molar-refractivity contribution in [2.75, 3.05) is 6.61 Å². The second-order valence-electron chi connectivity index (χ2n) is 21.5. The Morgan fingerprint density at radius 3 is 0.943 bits per heavy atom. The van der Waals surface area contributed by atoms with Crippen LogP contribution in [0.4, 0.5) is 0 Å². The molecule has 3 N–H and O–H groups in total. The van der Waals surface area contributed by atoms with Gasteiger partial charge in [0.15, 0.2) is 0 Å². The van der Waals surface area contributed by atoms with E-state index in [4.69, 9.17) is 0 Å². The van der Waals surface area contributed by atoms with E-state index in [-0.39, 0.29) is 12.5 Å². The van der Waals surface area contributed by atoms with Gasteiger partial charge in [-0.05, 0) is 57.8 Å². The van der Waals surface area contributed by atoms with Crippen LogP contribution in [0.1, 0.15) is 335 Å². The minimum Gasteiger partial charge on any atom is -0.394 e. The normalized spacial score (nSPS) is 13.1. The zero-order valence-electron chi connectivity index (χ0n) is 47.3. The van der Waals surface area contributed by atoms with Crippen molar-refractivity contribution in [3.63, 3.8) is 0 Å². The Kier molecular flexibility index (Phi) is 59.7. The van der Waals surface area contributed by atoms with Crippen molar-refractivity contribution in [3.8, 4) is 0 Å². The third kappa shape index (κ3) is 57.0. The fraction of sp³-hybridized carbons (Fsp3) is 0.833. The molecule has 4 nitrogen and oxygen atoms in total. The van der Waals surface area contributed by atoms with E-state index in [1.54, 1.807) is 0 Å². The van der Waals surface area contributed by atoms with Crippen LogP contribution in [0.2, 0.25) is 0 Å². The van der Waals surface area contributed by atoms with Crippen LogP contribution in [0.5, 0.6) is 0 Å². The van der Waals surface area contributed by atoms with Gasteiger partial charge >= 0.3 is 0 Å². The average molecular weight is 979 g/mol. The van der Waals surface area contributed by atoms with E-state index in [0.29, 0.717) is 12.8 Å². The standard InChI is InChI=1S/C66H123NO3/c1-3-5-7-9-11-13-15-17-19-21-23-25-27-29-30-31-32-33-34-35-36-38-39-41-43-45-47-49-51-53-55-57-59-61-65(69)64(63-68)67-66(70)62-60-58-56-54-52-50-48-46-44-42-40-37-28-26-24-22-20-18-16-14-12-10-8-6-4-2/h6,8,12,14,18,20,24,26,37,40,64-65,68-69H,3-5,7,9-11,13,15-17,19,21-23,25,27-36,38-39,41-63H2,1-2H3,(H,67,70)/b8-6-,14-12-,20-18-,26-24-,40-37-. The van der Waals surface area contributed by atoms with Crippen molar-refractivity contribution in [1.29, 1.82) is 0 Å². The number of aliphatic hydroxyl groups is 2. The number of amides is 1. The maximum Gasteiger partial charge on any atom is 0.220 e. The lowest BCUT2D eigenvalue weighted by molar-refractivity contribution is -0.123. The van der Waals surface area contributed by atoms with E-state index in [1.807, 2.05) is 0 Å². The highest BCUT2D eigenvalue weighted by Crippen LogP contribution is 2.18. The van der Waals surface area contributed by atoms with Crippen molar-refractivity contribution in [1.82, 2.24) is 5.32 Å². The summed E-state index contributed by atoms with van der Waals surface area (Å²) in [5, 5.41) is 23.4. The summed E-state index contributed by atoms with van der Waals surface area (Å²) >= 11 is 0. The number of allylic oxidation sites excluding steroid dienone is 10. The molecule has 0 aromatic rings. The van der Waals surface area contributed by atoms with Gasteiger partial charge in [0.25, 0.3) is 0 Å². The number of hydrogen-bond acceptors (Lipinski definition) is 3. The predicted octanol–water partition coefficient (Wildman–Crippen LogP) is 21.2. The second-order valence-corrected chi connectivity index (χ2v) is 21.5. The molecule has 4 heteroatoms. The SMILES string of the molecule is CC/C=C\C/C=C\C/C=C\C/C=C\C/C=C\CCCCCCCCCCCC(=O)NC(CO)C(O)CCCCCCCCCCCCCCCCCCCCCCCCCCCCCCCCCCC. The molecule has 0 fully saturated rings. The number of carbonyl (C=O) groups is 1. The maximum absolute atomic E-state index is 12.5. The lowest BCUT2D eigenvalue weighted by Gasteiger charge is -2.22. The molecule has 0 saturated carbocycles. The lowest BCUT2D eigenvalue weighted by atomic mass is 10.0. The van der Waals surface area contributed by atoms with Crippen molar-refractivity contribution in [2.24, 2.45) is 0 Å². The second kappa shape index (κ2) is 61.4. The van der Waals surface area contributed by atoms with Gasteiger partial charge < -0.3 is 15.5 Å². The molecule has 0 saturated heterocycles. The van der Waals surface area contributed by atoms with Gasteiger partial charge in [-0.15, -0.1) is 0 Å². The summed E-state index contributed by atoms with van der Waals surface area (Å²) in [5.41, 5.74) is 0. The van der Waals surface area contributed by atoms with E-state index in [2.05, 4.69) is 79.9 Å². The van der Waals surface area contributed by atoms with E-state index >= 15 is 0 Å². The zero-order chi connectivity index (χ0) is 50.6. The monoisotopic (exact) mass is 978 g/mol. The van der Waals surface area contributed by atoms with Gasteiger partial charge in [-0.3, -0.25) is 4.79 Å². The Labute approximate surface area is 438 Å². The van der Waals surface area contributed by atoms with E-state index < -0.39 is 12.1 Å². The molecule has 2 atom stereocenters. The summed E-state index contributed by atoms with van der Waals surface area (Å²) < 4.78 is 0. The topological polar surface area (TPSA) is 69.6 Å². The summed E-state index contributed by atoms with van der Waals surface area (Å²) in [6, 6.07) is -0.545. The van der Waals surface area contributed by atoms with Gasteiger partial charge in [-0.2, -0.15) is 0 Å². The maximum atomic E-state index is 12.5. The summed E-state index contributed by atoms with van der Waals surface area (Å²) in [6.07, 6.45) is 86.7. The largest absolute Gasteiger partial charge is 0.394 e. The van der Waals surface area contributed by atoms with Crippen LogP contribution in [-0.4, -0.2) is 34.9 Å². The van der Waals surface area contributed by atoms with E-state index in [1.165, 1.54) is 250 Å². The van der Waals surface area contributed by atoms with E-state index in [9.17, 15) is 15.0 Å². The third-order valence-corrected chi connectivity index (χ3v) is 14.5. The minimum absolute atomic E-state index is 0.0354. The van der Waals surface area contributed by atoms with Crippen LogP contribution in [-0.2, 0) is 4.79 Å². The van der Waals surface area contributed by atoms with Crippen LogP contribution in [0, 0.1) is 0 Å². The zero-order valence-corrected chi connectivity index (χ0v) is 47.3. The van der Waals surface area contributed by atoms with Gasteiger partial charge in [0.05, 0.1) is 18.8 Å². The van der Waals surface area contributed by atoms with Gasteiger partial charge in [-0.1, -0.05) is 331 Å². The molecule has 1 amide bonds. The molecular formula is C66H123NO3. The fourth-order valence-electron chi connectivity index (χ4n) is 9.80. The quantitative estimate of drug-likeness (QED) is 0.0420. The molecule has 0 spiro atoms. The number of unbranched alkanes of at least 4 members (excludes halogenated alkanes) is 41. The Balaban J connectivity index is 3.44. The van der Waals surface area contributed by atoms with Crippen molar-refractivity contribution in [2.45, 2.75) is 347 Å². The van der Waals surface area contributed by atoms with Crippen molar-refractivity contribution in [3.05, 3.63) is 60.8 Å². The molecule has 0 radical (unpaired) electrons. The first kappa shape index (κ1) is 68.1. The molecule has 0 aliphatic rings. The molecule has 0 aromatic heterocycles. The van der Waals surface area contributed by atoms with Gasteiger partial charge in [-0.25, -0.2) is 0 Å². The molecule has 0 aliphatic carbocycles. The highest BCUT2D eigenvalue weighted by Gasteiger charge is 2.20. The Morgan fingerprint density at radius 1 is 0.357 bits per heavy atom. The van der Waals surface area contributed by atoms with Gasteiger partial charge in [0, 0.05) is 6.42 Å². The van der Waals surface area contributed by atoms with Crippen molar-refractivity contribution >= 4 is 5.91 Å². The van der Waals surface area contributed by atoms with Crippen LogP contribution in [0.3, 0.4) is 0 Å². The Morgan fingerprint density at radius 2 is 0.629 bits per heavy atom. The lowest BCUT2D eigenvalue weighted by Crippen LogP contribution is -2.45. The summed E-state index contributed by atoms with van der Waals surface area (Å²) in [4.78, 5) is 12.5. The number of hydrogen-bond donors (Lipinski definition) is 3. The van der Waals surface area contributed by atoms with Crippen LogP contribution >= 0.6 is 0 Å². The highest BCUT2D eigenvalue weighted by atomic mass is 16.3. The van der Waals surface area contributed by atoms with Crippen LogP contribution < -0.4 is 5.32 Å². The Bertz CT molecular complexity index is 1150. The molecule has 0 aliphatic heterocycles. The highest BCUT2D eigenvalue weighted by molar-refractivity contribution is 5.76. The van der Waals surface area contributed by atoms with Crippen LogP contribution in [0.25, 0.3) is 0 Å². The Hall–Kier alpha value is -1.91. The third-order valence-electron chi connectivity index (χ3n) is 14.5. The first-order chi connectivity index (χ1) is 34.7. The molecule has 410 valence electrons. The van der Waals surface area contributed by atoms with Crippen molar-refractivity contribution < 1.29 is 15.0 Å². The molecule has 0 aromatic carbocycles. The number of aliphatic hydroxyl groups excluding tert-OH is 2. The molecule has 2 unspecified atom stereocenters. The summed E-state index contributed by atoms with van der Waals surface area (Å²) in [5.74, 6) is -0.0354. The fourth-order valence-corrected chi connectivity index (χ4v) is 9.80. The summed E-state index contributed by atoms with van der Waals surface area (Å²) in [6.45, 7) is 4.27. The van der Waals surface area contributed by atoms with Crippen LogP contribution in [0.15, 0.2) is 60.8 Å². The number of carbonyl (C=O) groups excluding carboxylic acids is 1. The first-order valence-electron chi connectivity index (χ1n) is 31.5. The predicted molar refractivity (Wildman–Crippen MR) is 313 cm³/mol. The molecule has 0 heterocycles. The van der Waals surface area contributed by atoms with Gasteiger partial charge in [0.1, 0.15) is 0 Å². The number of rotatable bonds is 58. The van der Waals surface area contributed by atoms with Gasteiger partial charge in [0.2, 0.25) is 5.91 Å².